The molecule has 1 nitrogen and oxygen atoms in total. The van der Waals surface area contributed by atoms with E-state index in [9.17, 15) is 0 Å². The van der Waals surface area contributed by atoms with Crippen molar-refractivity contribution in [2.45, 2.75) is 19.6 Å². The molecule has 0 bridgehead atoms. The molecule has 0 spiro atoms. The molecule has 0 N–H and O–H groups in total. The summed E-state index contributed by atoms with van der Waals surface area (Å²) in [4.78, 5) is 0. The van der Waals surface area contributed by atoms with Crippen LogP contribution in [-0.4, -0.2) is 16.0 Å². The summed E-state index contributed by atoms with van der Waals surface area (Å²) in [5.41, 5.74) is 0. The summed E-state index contributed by atoms with van der Waals surface area (Å²) in [6.45, 7) is 3.56. The molecule has 0 aromatic carbocycles. The molecule has 0 saturated carbocycles. The average Bonchev–Trinajstić information content (AvgIpc) is 1.21. The van der Waals surface area contributed by atoms with Crippen molar-refractivity contribution in [2.75, 3.05) is 0 Å². The van der Waals surface area contributed by atoms with Gasteiger partial charge in [0.15, 0.2) is 9.04 Å². The Labute approximate surface area is 62.2 Å². The third kappa shape index (κ3) is 6.97. The van der Waals surface area contributed by atoms with E-state index in [1.54, 1.807) is 6.55 Å². The van der Waals surface area contributed by atoms with Crippen LogP contribution in [0, 0.1) is 0 Å². The van der Waals surface area contributed by atoms with Crippen molar-refractivity contribution < 1.29 is 4.12 Å². The van der Waals surface area contributed by atoms with E-state index in [-0.39, 0.29) is 0 Å². The molecule has 0 aliphatic rings. The van der Waals surface area contributed by atoms with Crippen LogP contribution in [0.2, 0.25) is 19.6 Å². The molecular formula is C3H9Cl2OSi2. The van der Waals surface area contributed by atoms with Crippen molar-refractivity contribution in [3.63, 3.8) is 0 Å². The molecule has 0 rings (SSSR count). The second-order valence-corrected chi connectivity index (χ2v) is 11.0. The number of hydrogen-bond donors (Lipinski definition) is 0. The van der Waals surface area contributed by atoms with Crippen LogP contribution >= 0.6 is 22.2 Å². The monoisotopic (exact) mass is 187 g/mol. The van der Waals surface area contributed by atoms with Gasteiger partial charge in [0.2, 0.25) is 0 Å². The van der Waals surface area contributed by atoms with Crippen molar-refractivity contribution in [2.24, 2.45) is 0 Å². The van der Waals surface area contributed by atoms with E-state index in [1.165, 1.54) is 0 Å². The number of halogens is 2. The second-order valence-electron chi connectivity index (χ2n) is 1.82. The minimum atomic E-state index is -2.23. The molecule has 0 amide bonds. The first-order chi connectivity index (χ1) is 3.42. The predicted molar refractivity (Wildman–Crippen MR) is 41.9 cm³/mol. The van der Waals surface area contributed by atoms with Crippen molar-refractivity contribution in [1.82, 2.24) is 0 Å². The van der Waals surface area contributed by atoms with Gasteiger partial charge in [0.1, 0.15) is 0 Å². The van der Waals surface area contributed by atoms with Gasteiger partial charge in [-0.3, -0.25) is 0 Å². The smallest absolute Gasteiger partial charge is 0.376 e. The van der Waals surface area contributed by atoms with E-state index >= 15 is 0 Å². The molecule has 0 aromatic heterocycles. The maximum absolute atomic E-state index is 5.64. The van der Waals surface area contributed by atoms with Gasteiger partial charge in [0, 0.05) is 0 Å². The van der Waals surface area contributed by atoms with Crippen LogP contribution in [0.5, 0.6) is 0 Å². The van der Waals surface area contributed by atoms with Crippen LogP contribution in [-0.2, 0) is 4.12 Å². The Balaban J connectivity index is 3.39. The Morgan fingerprint density at radius 2 is 1.75 bits per heavy atom. The highest BCUT2D eigenvalue weighted by molar-refractivity contribution is 7.42. The molecule has 0 unspecified atom stereocenters. The molecule has 0 atom stereocenters. The van der Waals surface area contributed by atoms with Gasteiger partial charge in [-0.2, -0.15) is 0 Å². The maximum Gasteiger partial charge on any atom is 0.376 e. The van der Waals surface area contributed by atoms with Crippen LogP contribution in [0.3, 0.4) is 0 Å². The summed E-state index contributed by atoms with van der Waals surface area (Å²) in [6.07, 6.45) is 0. The topological polar surface area (TPSA) is 9.23 Å². The summed E-state index contributed by atoms with van der Waals surface area (Å²) in [7, 11) is -0.694. The fourth-order valence-corrected chi connectivity index (χ4v) is 6.00. The van der Waals surface area contributed by atoms with E-state index in [1.807, 2.05) is 13.1 Å². The third-order valence-electron chi connectivity index (χ3n) is 0.383. The standard InChI is InChI=1S/C3H9Cl2OSi2/c1-7(2)6-8(3,4)5/h1-3H3. The molecule has 8 heavy (non-hydrogen) atoms. The first kappa shape index (κ1) is 8.97. The van der Waals surface area contributed by atoms with E-state index in [4.69, 9.17) is 26.3 Å². The normalized spacial score (nSPS) is 12.8. The Kier molecular flexibility index (Phi) is 3.61. The lowest BCUT2D eigenvalue weighted by molar-refractivity contribution is 0.613. The van der Waals surface area contributed by atoms with Gasteiger partial charge in [-0.1, -0.05) is 0 Å². The number of rotatable bonds is 2. The van der Waals surface area contributed by atoms with Gasteiger partial charge in [-0.25, -0.2) is 0 Å². The van der Waals surface area contributed by atoms with Gasteiger partial charge < -0.3 is 4.12 Å². The van der Waals surface area contributed by atoms with E-state index in [2.05, 4.69) is 0 Å². The van der Waals surface area contributed by atoms with Gasteiger partial charge in [-0.15, -0.1) is 22.2 Å². The van der Waals surface area contributed by atoms with Crippen LogP contribution < -0.4 is 0 Å². The van der Waals surface area contributed by atoms with Crippen molar-refractivity contribution in [3.8, 4) is 0 Å². The van der Waals surface area contributed by atoms with Crippen LogP contribution in [0.1, 0.15) is 0 Å². The molecule has 0 aliphatic carbocycles. The quantitative estimate of drug-likeness (QED) is 0.477. The van der Waals surface area contributed by atoms with Gasteiger partial charge in [0.25, 0.3) is 0 Å². The Bertz CT molecular complexity index is 70.2. The zero-order chi connectivity index (χ0) is 6.78. The summed E-state index contributed by atoms with van der Waals surface area (Å²) >= 11 is 11.3. The maximum atomic E-state index is 5.64. The molecule has 0 aromatic rings. The lowest BCUT2D eigenvalue weighted by Crippen LogP contribution is -2.26. The minimum Gasteiger partial charge on any atom is -0.434 e. The van der Waals surface area contributed by atoms with Gasteiger partial charge in [0.05, 0.1) is 0 Å². The van der Waals surface area contributed by atoms with Crippen molar-refractivity contribution in [1.29, 1.82) is 0 Å². The average molecular weight is 188 g/mol. The fourth-order valence-electron chi connectivity index (χ4n) is 0.358. The summed E-state index contributed by atoms with van der Waals surface area (Å²) in [5.74, 6) is 0. The van der Waals surface area contributed by atoms with Crippen LogP contribution in [0.25, 0.3) is 0 Å². The highest BCUT2D eigenvalue weighted by Gasteiger charge is 2.23. The highest BCUT2D eigenvalue weighted by atomic mass is 35.7. The van der Waals surface area contributed by atoms with E-state index < -0.39 is 16.0 Å². The Morgan fingerprint density at radius 1 is 1.38 bits per heavy atom. The third-order valence-corrected chi connectivity index (χ3v) is 4.84. The van der Waals surface area contributed by atoms with Crippen LogP contribution in [0.4, 0.5) is 0 Å². The largest absolute Gasteiger partial charge is 0.434 e. The SMILES string of the molecule is C[Si](C)O[Si](C)(Cl)Cl. The van der Waals surface area contributed by atoms with Crippen LogP contribution in [0.15, 0.2) is 0 Å². The fraction of sp³-hybridized carbons (Fsp3) is 1.00. The molecule has 0 fully saturated rings. The lowest BCUT2D eigenvalue weighted by Gasteiger charge is -2.13. The molecule has 0 heterocycles. The minimum absolute atomic E-state index is 0.694. The molecule has 0 aliphatic heterocycles. The summed E-state index contributed by atoms with van der Waals surface area (Å²) in [5, 5.41) is 0. The zero-order valence-electron chi connectivity index (χ0n) is 5.16. The molecule has 1 radical (unpaired) electrons. The molecular weight excluding hydrogens is 179 g/mol. The van der Waals surface area contributed by atoms with E-state index in [0.717, 1.165) is 0 Å². The lowest BCUT2D eigenvalue weighted by atomic mass is 11.9. The first-order valence-electron chi connectivity index (χ1n) is 2.29. The molecule has 0 saturated heterocycles. The van der Waals surface area contributed by atoms with Crippen molar-refractivity contribution >= 4 is 38.1 Å². The van der Waals surface area contributed by atoms with Crippen molar-refractivity contribution in [3.05, 3.63) is 0 Å². The Hall–Kier alpha value is 0.974. The highest BCUT2D eigenvalue weighted by Crippen LogP contribution is 2.15. The Morgan fingerprint density at radius 3 is 1.75 bits per heavy atom. The van der Waals surface area contributed by atoms with Gasteiger partial charge in [-0.05, 0) is 19.6 Å². The first-order valence-corrected chi connectivity index (χ1v) is 9.13. The summed E-state index contributed by atoms with van der Waals surface area (Å²) in [6, 6.07) is 0. The van der Waals surface area contributed by atoms with E-state index in [0.29, 0.717) is 0 Å². The molecule has 49 valence electrons. The second kappa shape index (κ2) is 3.22. The van der Waals surface area contributed by atoms with Gasteiger partial charge >= 0.3 is 6.94 Å². The number of hydrogen-bond acceptors (Lipinski definition) is 1. The zero-order valence-corrected chi connectivity index (χ0v) is 8.68. The summed E-state index contributed by atoms with van der Waals surface area (Å²) < 4.78 is 5.21. The predicted octanol–water partition coefficient (Wildman–Crippen LogP) is 2.30. The molecule has 5 heteroatoms.